The molecule has 0 aliphatic rings. The number of pyridine rings is 1. The van der Waals surface area contributed by atoms with Gasteiger partial charge in [-0.3, -0.25) is 4.98 Å². The molecule has 17 heavy (non-hydrogen) atoms. The van der Waals surface area contributed by atoms with E-state index in [0.29, 0.717) is 11.3 Å². The van der Waals surface area contributed by atoms with Gasteiger partial charge in [0.05, 0.1) is 5.56 Å². The molecule has 1 aromatic carbocycles. The first-order valence-corrected chi connectivity index (χ1v) is 5.00. The van der Waals surface area contributed by atoms with E-state index >= 15 is 0 Å². The van der Waals surface area contributed by atoms with Crippen LogP contribution in [0.5, 0.6) is 0 Å². The van der Waals surface area contributed by atoms with E-state index < -0.39 is 17.8 Å². The molecule has 0 N–H and O–H groups in total. The summed E-state index contributed by atoms with van der Waals surface area (Å²) in [7, 11) is 0. The largest absolute Gasteiger partial charge is 0.266 e. The summed E-state index contributed by atoms with van der Waals surface area (Å²) in [4.78, 5) is 4.03. The normalized spacial score (nSPS) is 10.8. The molecular weight excluding hydrogens is 227 g/mol. The van der Waals surface area contributed by atoms with Crippen LogP contribution in [0.2, 0.25) is 0 Å². The Bertz CT molecular complexity index is 497. The lowest BCUT2D eigenvalue weighted by Gasteiger charge is -2.05. The van der Waals surface area contributed by atoms with Crippen LogP contribution in [0, 0.1) is 12.2 Å². The van der Waals surface area contributed by atoms with Gasteiger partial charge in [-0.05, 0) is 29.8 Å². The van der Waals surface area contributed by atoms with E-state index in [1.807, 2.05) is 0 Å². The predicted molar refractivity (Wildman–Crippen MR) is 58.1 cm³/mol. The van der Waals surface area contributed by atoms with Crippen molar-refractivity contribution in [3.63, 3.8) is 0 Å². The van der Waals surface area contributed by atoms with Crippen LogP contribution in [0.1, 0.15) is 23.2 Å². The molecule has 0 atom stereocenters. The highest BCUT2D eigenvalue weighted by Gasteiger charge is 2.13. The second-order valence-corrected chi connectivity index (χ2v) is 3.48. The fourth-order valence-electron chi connectivity index (χ4n) is 1.45. The fraction of sp³-hybridized carbons (Fsp3) is 0.0769. The van der Waals surface area contributed by atoms with Gasteiger partial charge in [0.15, 0.2) is 0 Å². The van der Waals surface area contributed by atoms with Crippen LogP contribution in [0.25, 0.3) is 0 Å². The minimum Gasteiger partial charge on any atom is -0.261 e. The lowest BCUT2D eigenvalue weighted by Crippen LogP contribution is -1.94. The van der Waals surface area contributed by atoms with Gasteiger partial charge in [0.1, 0.15) is 5.82 Å². The van der Waals surface area contributed by atoms with E-state index in [1.165, 1.54) is 6.07 Å². The summed E-state index contributed by atoms with van der Waals surface area (Å²) in [6.45, 7) is 0. The van der Waals surface area contributed by atoms with Crippen molar-refractivity contribution in [2.24, 2.45) is 0 Å². The van der Waals surface area contributed by atoms with Crippen molar-refractivity contribution >= 4 is 0 Å². The molecule has 0 saturated heterocycles. The van der Waals surface area contributed by atoms with E-state index in [9.17, 15) is 13.2 Å². The van der Waals surface area contributed by atoms with Crippen LogP contribution in [-0.4, -0.2) is 4.98 Å². The highest BCUT2D eigenvalue weighted by atomic mass is 19.3. The van der Waals surface area contributed by atoms with Gasteiger partial charge in [-0.25, -0.2) is 13.2 Å². The van der Waals surface area contributed by atoms with Crippen LogP contribution in [0.4, 0.5) is 13.2 Å². The Balaban J connectivity index is 2.26. The van der Waals surface area contributed by atoms with E-state index in [2.05, 4.69) is 4.98 Å². The first-order valence-electron chi connectivity index (χ1n) is 5.00. The number of benzene rings is 1. The Morgan fingerprint density at radius 1 is 1.12 bits per heavy atom. The van der Waals surface area contributed by atoms with Crippen LogP contribution < -0.4 is 0 Å². The maximum absolute atomic E-state index is 13.0. The van der Waals surface area contributed by atoms with Crippen molar-refractivity contribution in [1.82, 2.24) is 4.98 Å². The van der Waals surface area contributed by atoms with Crippen molar-refractivity contribution in [2.75, 3.05) is 0 Å². The molecule has 1 nitrogen and oxygen atoms in total. The minimum absolute atomic E-state index is 0.500. The topological polar surface area (TPSA) is 12.9 Å². The standard InChI is InChI=1S/C13H9F3N/c14-12-5-4-9(8-11(12)13(15)16)7-10-3-1-2-6-17-10/h1-8,13H. The summed E-state index contributed by atoms with van der Waals surface area (Å²) in [6, 6.07) is 8.90. The number of hydrogen-bond donors (Lipinski definition) is 0. The molecule has 1 heterocycles. The van der Waals surface area contributed by atoms with Gasteiger partial charge in [0.2, 0.25) is 0 Å². The van der Waals surface area contributed by atoms with Gasteiger partial charge in [0, 0.05) is 18.3 Å². The molecule has 0 bridgehead atoms. The minimum atomic E-state index is -2.81. The van der Waals surface area contributed by atoms with Crippen LogP contribution in [0.3, 0.4) is 0 Å². The number of halogens is 3. The van der Waals surface area contributed by atoms with Crippen molar-refractivity contribution in [2.45, 2.75) is 6.43 Å². The molecule has 2 aromatic rings. The quantitative estimate of drug-likeness (QED) is 0.790. The summed E-state index contributed by atoms with van der Waals surface area (Å²) in [6.07, 6.45) is 0.404. The molecule has 0 spiro atoms. The van der Waals surface area contributed by atoms with Crippen LogP contribution in [-0.2, 0) is 0 Å². The molecule has 87 valence electrons. The van der Waals surface area contributed by atoms with Crippen LogP contribution in [0.15, 0.2) is 42.6 Å². The zero-order valence-corrected chi connectivity index (χ0v) is 8.78. The lowest BCUT2D eigenvalue weighted by molar-refractivity contribution is 0.146. The molecule has 0 aliphatic heterocycles. The van der Waals surface area contributed by atoms with E-state index in [1.54, 1.807) is 30.8 Å². The first-order chi connectivity index (χ1) is 8.16. The van der Waals surface area contributed by atoms with E-state index in [0.717, 1.165) is 12.1 Å². The van der Waals surface area contributed by atoms with Crippen molar-refractivity contribution < 1.29 is 13.2 Å². The second-order valence-electron chi connectivity index (χ2n) is 3.48. The molecule has 1 radical (unpaired) electrons. The average molecular weight is 236 g/mol. The zero-order valence-electron chi connectivity index (χ0n) is 8.78. The maximum Gasteiger partial charge on any atom is 0.266 e. The number of rotatable bonds is 3. The monoisotopic (exact) mass is 236 g/mol. The zero-order chi connectivity index (χ0) is 12.3. The highest BCUT2D eigenvalue weighted by Crippen LogP contribution is 2.24. The average Bonchev–Trinajstić information content (AvgIpc) is 2.32. The van der Waals surface area contributed by atoms with Gasteiger partial charge in [-0.1, -0.05) is 12.1 Å². The SMILES string of the molecule is Fc1ccc([CH]c2ccccn2)cc1C(F)F. The Hall–Kier alpha value is -1.84. The third-order valence-electron chi connectivity index (χ3n) is 2.26. The highest BCUT2D eigenvalue weighted by molar-refractivity contribution is 5.36. The lowest BCUT2D eigenvalue weighted by atomic mass is 10.1. The maximum atomic E-state index is 13.0. The van der Waals surface area contributed by atoms with Gasteiger partial charge >= 0.3 is 0 Å². The number of aromatic nitrogens is 1. The van der Waals surface area contributed by atoms with Gasteiger partial charge in [0.25, 0.3) is 6.43 Å². The molecule has 0 amide bonds. The summed E-state index contributed by atoms with van der Waals surface area (Å²) in [5.74, 6) is -0.891. The Morgan fingerprint density at radius 2 is 1.94 bits per heavy atom. The van der Waals surface area contributed by atoms with Crippen molar-refractivity contribution in [1.29, 1.82) is 0 Å². The Labute approximate surface area is 96.9 Å². The van der Waals surface area contributed by atoms with Gasteiger partial charge in [-0.15, -0.1) is 0 Å². The fourth-order valence-corrected chi connectivity index (χ4v) is 1.45. The first kappa shape index (κ1) is 11.6. The predicted octanol–water partition coefficient (Wildman–Crippen LogP) is 3.76. The molecule has 2 rings (SSSR count). The number of nitrogens with zero attached hydrogens (tertiary/aromatic N) is 1. The van der Waals surface area contributed by atoms with Crippen molar-refractivity contribution in [3.05, 3.63) is 71.7 Å². The summed E-state index contributed by atoms with van der Waals surface area (Å²) in [5.41, 5.74) is 0.550. The van der Waals surface area contributed by atoms with Gasteiger partial charge in [-0.2, -0.15) is 0 Å². The Kier molecular flexibility index (Phi) is 3.42. The third kappa shape index (κ3) is 2.84. The van der Waals surface area contributed by atoms with Crippen molar-refractivity contribution in [3.8, 4) is 0 Å². The summed E-state index contributed by atoms with van der Waals surface area (Å²) in [5, 5.41) is 0. The molecule has 1 aromatic heterocycles. The van der Waals surface area contributed by atoms with E-state index in [4.69, 9.17) is 0 Å². The number of alkyl halides is 2. The molecular formula is C13H9F3N. The molecule has 0 saturated carbocycles. The molecule has 4 heteroatoms. The summed E-state index contributed by atoms with van der Waals surface area (Å²) < 4.78 is 38.0. The Morgan fingerprint density at radius 3 is 2.59 bits per heavy atom. The van der Waals surface area contributed by atoms with E-state index in [-0.39, 0.29) is 0 Å². The summed E-state index contributed by atoms with van der Waals surface area (Å²) >= 11 is 0. The molecule has 0 fully saturated rings. The second kappa shape index (κ2) is 4.99. The van der Waals surface area contributed by atoms with Gasteiger partial charge < -0.3 is 0 Å². The molecule has 0 aliphatic carbocycles. The number of hydrogen-bond acceptors (Lipinski definition) is 1. The third-order valence-corrected chi connectivity index (χ3v) is 2.26. The van der Waals surface area contributed by atoms with Crippen LogP contribution >= 0.6 is 0 Å². The smallest absolute Gasteiger partial charge is 0.261 e. The molecule has 0 unspecified atom stereocenters.